The van der Waals surface area contributed by atoms with Crippen LogP contribution < -0.4 is 14.7 Å². The van der Waals surface area contributed by atoms with E-state index in [1.165, 1.54) is 11.8 Å². The van der Waals surface area contributed by atoms with Crippen molar-refractivity contribution in [3.8, 4) is 11.4 Å². The third-order valence-corrected chi connectivity index (χ3v) is 6.42. The van der Waals surface area contributed by atoms with Crippen LogP contribution in [0.3, 0.4) is 0 Å². The molecule has 8 nitrogen and oxygen atoms in total. The Balaban J connectivity index is 1.59. The van der Waals surface area contributed by atoms with Crippen LogP contribution in [-0.4, -0.2) is 50.6 Å². The van der Waals surface area contributed by atoms with Crippen molar-refractivity contribution in [2.24, 2.45) is 0 Å². The van der Waals surface area contributed by atoms with E-state index in [1.807, 2.05) is 30.5 Å². The number of hydrogen-bond acceptors (Lipinski definition) is 8. The van der Waals surface area contributed by atoms with Gasteiger partial charge in [0.25, 0.3) is 5.91 Å². The zero-order valence-corrected chi connectivity index (χ0v) is 17.3. The van der Waals surface area contributed by atoms with Crippen LogP contribution in [0.5, 0.6) is 0 Å². The zero-order chi connectivity index (χ0) is 20.0. The number of aromatic nitrogens is 4. The van der Waals surface area contributed by atoms with Crippen molar-refractivity contribution >= 4 is 40.7 Å². The van der Waals surface area contributed by atoms with E-state index in [-0.39, 0.29) is 16.8 Å². The summed E-state index contributed by atoms with van der Waals surface area (Å²) in [6, 6.07) is 7.77. The number of hydrogen-bond donors (Lipinski definition) is 1. The summed E-state index contributed by atoms with van der Waals surface area (Å²) in [5.41, 5.74) is 2.07. The Kier molecular flexibility index (Phi) is 4.59. The first-order valence-electron chi connectivity index (χ1n) is 9.30. The molecule has 0 radical (unpaired) electrons. The quantitative estimate of drug-likeness (QED) is 0.508. The van der Waals surface area contributed by atoms with Crippen LogP contribution in [0.4, 0.5) is 11.5 Å². The first kappa shape index (κ1) is 18.3. The van der Waals surface area contributed by atoms with Crippen molar-refractivity contribution in [1.29, 1.82) is 0 Å². The highest BCUT2D eigenvalue weighted by molar-refractivity contribution is 7.98. The van der Waals surface area contributed by atoms with E-state index in [1.54, 1.807) is 11.1 Å². The van der Waals surface area contributed by atoms with Gasteiger partial charge in [0, 0.05) is 48.1 Å². The lowest BCUT2D eigenvalue weighted by Crippen LogP contribution is -2.39. The molecule has 3 aromatic rings. The van der Waals surface area contributed by atoms with E-state index >= 15 is 0 Å². The summed E-state index contributed by atoms with van der Waals surface area (Å²) in [5.74, 6) is 1.14. The average molecular weight is 427 g/mol. The van der Waals surface area contributed by atoms with Gasteiger partial charge in [0.05, 0.1) is 0 Å². The summed E-state index contributed by atoms with van der Waals surface area (Å²) >= 11 is 2.36. The molecule has 2 aliphatic rings. The van der Waals surface area contributed by atoms with Gasteiger partial charge in [0.15, 0.2) is 11.0 Å². The number of carbonyl (C=O) groups excluding carboxylic acids is 1. The van der Waals surface area contributed by atoms with Crippen LogP contribution in [0, 0.1) is 0 Å². The number of nitrogens with one attached hydrogen (secondary N) is 1. The monoisotopic (exact) mass is 426 g/mol. The Morgan fingerprint density at radius 1 is 1.31 bits per heavy atom. The molecule has 1 N–H and O–H groups in total. The molecule has 5 rings (SSSR count). The molecular weight excluding hydrogens is 408 g/mol. The molecule has 1 unspecified atom stereocenters. The molecular formula is C19H18N6O2S2. The molecule has 0 bridgehead atoms. The fourth-order valence-corrected chi connectivity index (χ4v) is 4.77. The van der Waals surface area contributed by atoms with Gasteiger partial charge in [-0.05, 0) is 31.2 Å². The van der Waals surface area contributed by atoms with Crippen LogP contribution in [0.15, 0.2) is 40.4 Å². The number of aromatic amines is 1. The largest absolute Gasteiger partial charge is 0.351 e. The van der Waals surface area contributed by atoms with Crippen molar-refractivity contribution < 1.29 is 4.79 Å². The SMILES string of the molecule is CSc1ncc2c(n1)N1CCCC1CN(c1cccc(-c3nsc(=O)[nH]3)c1)C2=O. The van der Waals surface area contributed by atoms with Crippen molar-refractivity contribution in [1.82, 2.24) is 19.3 Å². The third-order valence-electron chi connectivity index (χ3n) is 5.32. The Hall–Kier alpha value is -2.72. The Bertz CT molecular complexity index is 1140. The second kappa shape index (κ2) is 7.27. The molecule has 1 fully saturated rings. The molecule has 1 amide bonds. The second-order valence-corrected chi connectivity index (χ2v) is 8.50. The van der Waals surface area contributed by atoms with E-state index in [0.717, 1.165) is 48.0 Å². The smallest absolute Gasteiger partial charge is 0.323 e. The van der Waals surface area contributed by atoms with Gasteiger partial charge >= 0.3 is 4.87 Å². The molecule has 1 atom stereocenters. The molecule has 0 saturated carbocycles. The van der Waals surface area contributed by atoms with Crippen LogP contribution in [0.25, 0.3) is 11.4 Å². The minimum Gasteiger partial charge on any atom is -0.351 e. The lowest BCUT2D eigenvalue weighted by molar-refractivity contribution is 0.0988. The predicted molar refractivity (Wildman–Crippen MR) is 114 cm³/mol. The number of amides is 1. The van der Waals surface area contributed by atoms with Gasteiger partial charge in [-0.15, -0.1) is 0 Å². The fraction of sp³-hybridized carbons (Fsp3) is 0.316. The molecule has 4 heterocycles. The summed E-state index contributed by atoms with van der Waals surface area (Å²) in [6.45, 7) is 1.48. The number of fused-ring (bicyclic) bond motifs is 3. The topological polar surface area (TPSA) is 95.1 Å². The molecule has 0 aliphatic carbocycles. The average Bonchev–Trinajstić information content (AvgIpc) is 3.37. The maximum atomic E-state index is 13.5. The maximum Gasteiger partial charge on any atom is 0.323 e. The number of carbonyl (C=O) groups is 1. The van der Waals surface area contributed by atoms with Crippen LogP contribution in [0.2, 0.25) is 0 Å². The molecule has 0 spiro atoms. The van der Waals surface area contributed by atoms with Gasteiger partial charge in [-0.3, -0.25) is 14.6 Å². The lowest BCUT2D eigenvalue weighted by Gasteiger charge is -2.27. The minimum absolute atomic E-state index is 0.106. The summed E-state index contributed by atoms with van der Waals surface area (Å²) in [4.78, 5) is 40.5. The first-order valence-corrected chi connectivity index (χ1v) is 11.3. The van der Waals surface area contributed by atoms with Gasteiger partial charge in [-0.2, -0.15) is 4.37 Å². The third kappa shape index (κ3) is 3.22. The Morgan fingerprint density at radius 2 is 2.21 bits per heavy atom. The van der Waals surface area contributed by atoms with Gasteiger partial charge in [-0.1, -0.05) is 23.9 Å². The predicted octanol–water partition coefficient (Wildman–Crippen LogP) is 2.64. The number of rotatable bonds is 3. The number of thioether (sulfide) groups is 1. The van der Waals surface area contributed by atoms with Crippen molar-refractivity contribution in [2.45, 2.75) is 24.0 Å². The van der Waals surface area contributed by atoms with Crippen LogP contribution in [0.1, 0.15) is 23.2 Å². The lowest BCUT2D eigenvalue weighted by atomic mass is 10.1. The molecule has 29 heavy (non-hydrogen) atoms. The van der Waals surface area contributed by atoms with Crippen molar-refractivity contribution in [3.63, 3.8) is 0 Å². The molecule has 2 aromatic heterocycles. The Morgan fingerprint density at radius 3 is 3.00 bits per heavy atom. The van der Waals surface area contributed by atoms with E-state index in [4.69, 9.17) is 0 Å². The number of anilines is 2. The number of nitrogens with zero attached hydrogens (tertiary/aromatic N) is 5. The van der Waals surface area contributed by atoms with E-state index in [9.17, 15) is 9.59 Å². The molecule has 10 heteroatoms. The second-order valence-electron chi connectivity index (χ2n) is 6.99. The van der Waals surface area contributed by atoms with E-state index in [0.29, 0.717) is 23.1 Å². The molecule has 2 aliphatic heterocycles. The Labute approximate surface area is 175 Å². The summed E-state index contributed by atoms with van der Waals surface area (Å²) < 4.78 is 4.16. The van der Waals surface area contributed by atoms with Gasteiger partial charge < -0.3 is 9.80 Å². The van der Waals surface area contributed by atoms with Crippen molar-refractivity contribution in [2.75, 3.05) is 29.1 Å². The summed E-state index contributed by atoms with van der Waals surface area (Å²) in [5, 5.41) is 0.671. The normalized spacial score (nSPS) is 18.5. The standard InChI is InChI=1S/C19H18N6O2S2/c1-28-18-20-9-14-16(22-18)24-7-3-6-13(24)10-25(17(14)26)12-5-2-4-11(8-12)15-21-19(27)29-23-15/h2,4-5,8-9,13H,3,6-7,10H2,1H3,(H,21,23,27). The zero-order valence-electron chi connectivity index (χ0n) is 15.7. The molecule has 1 saturated heterocycles. The first-order chi connectivity index (χ1) is 14.1. The van der Waals surface area contributed by atoms with Gasteiger partial charge in [0.2, 0.25) is 0 Å². The summed E-state index contributed by atoms with van der Waals surface area (Å²) in [7, 11) is 0. The maximum absolute atomic E-state index is 13.5. The van der Waals surface area contributed by atoms with Crippen molar-refractivity contribution in [3.05, 3.63) is 45.7 Å². The highest BCUT2D eigenvalue weighted by atomic mass is 32.2. The minimum atomic E-state index is -0.200. The van der Waals surface area contributed by atoms with Gasteiger partial charge in [-0.25, -0.2) is 9.97 Å². The fourth-order valence-electron chi connectivity index (χ4n) is 3.97. The van der Waals surface area contributed by atoms with Crippen LogP contribution >= 0.6 is 23.3 Å². The van der Waals surface area contributed by atoms with Gasteiger partial charge in [0.1, 0.15) is 11.4 Å². The molecule has 148 valence electrons. The van der Waals surface area contributed by atoms with E-state index in [2.05, 4.69) is 24.2 Å². The number of H-pyrrole nitrogens is 1. The highest BCUT2D eigenvalue weighted by Crippen LogP contribution is 2.35. The number of benzene rings is 1. The molecule has 1 aromatic carbocycles. The highest BCUT2D eigenvalue weighted by Gasteiger charge is 2.37. The van der Waals surface area contributed by atoms with E-state index < -0.39 is 0 Å². The van der Waals surface area contributed by atoms with Crippen LogP contribution in [-0.2, 0) is 0 Å². The summed E-state index contributed by atoms with van der Waals surface area (Å²) in [6.07, 6.45) is 5.67.